The molecule has 0 unspecified atom stereocenters. The van der Waals surface area contributed by atoms with Gasteiger partial charge in [-0.05, 0) is 30.7 Å². The zero-order valence-electron chi connectivity index (χ0n) is 12.4. The minimum atomic E-state index is -0.0182. The molecule has 110 valence electrons. The molecule has 0 atom stereocenters. The van der Waals surface area contributed by atoms with Crippen LogP contribution in [0.3, 0.4) is 0 Å². The number of hydrogen-bond donors (Lipinski definition) is 1. The molecular weight excluding hydrogens is 264 g/mol. The number of carbonyl (C=O) groups excluding carboxylic acids is 1. The highest BCUT2D eigenvalue weighted by atomic mass is 16.1. The highest BCUT2D eigenvalue weighted by molar-refractivity contribution is 5.89. The first-order valence-electron chi connectivity index (χ1n) is 7.13. The second-order valence-corrected chi connectivity index (χ2v) is 4.82. The maximum absolute atomic E-state index is 11.6. The molecule has 0 saturated heterocycles. The Morgan fingerprint density at radius 3 is 2.52 bits per heavy atom. The molecule has 0 aliphatic carbocycles. The summed E-state index contributed by atoms with van der Waals surface area (Å²) >= 11 is 0. The van der Waals surface area contributed by atoms with Crippen LogP contribution in [0.15, 0.2) is 42.5 Å². The predicted molar refractivity (Wildman–Crippen MR) is 84.7 cm³/mol. The number of carbonyl (C=O) groups is 1. The highest BCUT2D eigenvalue weighted by Crippen LogP contribution is 2.20. The van der Waals surface area contributed by atoms with Crippen molar-refractivity contribution in [3.05, 3.63) is 42.5 Å². The highest BCUT2D eigenvalue weighted by Gasteiger charge is 2.07. The van der Waals surface area contributed by atoms with E-state index in [0.717, 1.165) is 24.3 Å². The molecule has 1 amide bonds. The van der Waals surface area contributed by atoms with Crippen molar-refractivity contribution in [2.24, 2.45) is 0 Å². The predicted octanol–water partition coefficient (Wildman–Crippen LogP) is 3.37. The summed E-state index contributed by atoms with van der Waals surface area (Å²) < 4.78 is 0. The Morgan fingerprint density at radius 2 is 1.90 bits per heavy atom. The number of hydrogen-bond acceptors (Lipinski definition) is 4. The first-order chi connectivity index (χ1) is 10.2. The zero-order valence-corrected chi connectivity index (χ0v) is 12.4. The van der Waals surface area contributed by atoms with Crippen LogP contribution in [0, 0.1) is 0 Å². The fourth-order valence-corrected chi connectivity index (χ4v) is 1.90. The van der Waals surface area contributed by atoms with Crippen molar-refractivity contribution >= 4 is 23.2 Å². The van der Waals surface area contributed by atoms with Gasteiger partial charge in [0.2, 0.25) is 5.91 Å². The maximum atomic E-state index is 11.6. The first kappa shape index (κ1) is 15.0. The van der Waals surface area contributed by atoms with E-state index in [2.05, 4.69) is 22.4 Å². The first-order valence-corrected chi connectivity index (χ1v) is 7.13. The smallest absolute Gasteiger partial charge is 0.225 e. The normalized spacial score (nSPS) is 10.2. The van der Waals surface area contributed by atoms with Crippen LogP contribution < -0.4 is 10.2 Å². The fraction of sp³-hybridized carbons (Fsp3) is 0.312. The van der Waals surface area contributed by atoms with Crippen molar-refractivity contribution in [3.63, 3.8) is 0 Å². The molecule has 0 saturated carbocycles. The van der Waals surface area contributed by atoms with E-state index in [1.165, 1.54) is 0 Å². The van der Waals surface area contributed by atoms with E-state index in [1.54, 1.807) is 6.07 Å². The third-order valence-corrected chi connectivity index (χ3v) is 3.16. The van der Waals surface area contributed by atoms with Crippen LogP contribution in [0.2, 0.25) is 0 Å². The van der Waals surface area contributed by atoms with Crippen LogP contribution in [-0.2, 0) is 4.79 Å². The maximum Gasteiger partial charge on any atom is 0.225 e. The number of aromatic nitrogens is 2. The van der Waals surface area contributed by atoms with Crippen LogP contribution in [0.1, 0.15) is 26.2 Å². The molecule has 2 aromatic rings. The van der Waals surface area contributed by atoms with Crippen molar-refractivity contribution in [1.29, 1.82) is 0 Å². The third kappa shape index (κ3) is 4.27. The van der Waals surface area contributed by atoms with Gasteiger partial charge in [0, 0.05) is 19.2 Å². The van der Waals surface area contributed by atoms with Gasteiger partial charge in [0.05, 0.1) is 0 Å². The SMILES string of the molecule is CCCCC(=O)Nc1ccc(N(C)c2ccccc2)nn1. The molecule has 1 N–H and O–H groups in total. The van der Waals surface area contributed by atoms with E-state index in [9.17, 15) is 4.79 Å². The van der Waals surface area contributed by atoms with Gasteiger partial charge in [0.1, 0.15) is 0 Å². The molecule has 1 heterocycles. The van der Waals surface area contributed by atoms with E-state index in [4.69, 9.17) is 0 Å². The standard InChI is InChI=1S/C16H20N4O/c1-3-4-10-16(21)17-14-11-12-15(19-18-14)20(2)13-8-6-5-7-9-13/h5-9,11-12H,3-4,10H2,1-2H3,(H,17,18,21). The lowest BCUT2D eigenvalue weighted by atomic mass is 10.2. The van der Waals surface area contributed by atoms with Crippen molar-refractivity contribution in [2.75, 3.05) is 17.3 Å². The molecule has 21 heavy (non-hydrogen) atoms. The summed E-state index contributed by atoms with van der Waals surface area (Å²) in [6.07, 6.45) is 2.40. The molecule has 1 aromatic heterocycles. The number of anilines is 3. The average Bonchev–Trinajstić information content (AvgIpc) is 2.54. The Morgan fingerprint density at radius 1 is 1.14 bits per heavy atom. The van der Waals surface area contributed by atoms with E-state index < -0.39 is 0 Å². The Bertz CT molecular complexity index is 569. The number of unbranched alkanes of at least 4 members (excludes halogenated alkanes) is 1. The number of rotatable bonds is 6. The Hall–Kier alpha value is -2.43. The summed E-state index contributed by atoms with van der Waals surface area (Å²) in [5.41, 5.74) is 1.03. The van der Waals surface area contributed by atoms with Crippen molar-refractivity contribution in [1.82, 2.24) is 10.2 Å². The molecule has 5 heteroatoms. The number of benzene rings is 1. The van der Waals surface area contributed by atoms with Gasteiger partial charge in [-0.2, -0.15) is 0 Å². The van der Waals surface area contributed by atoms with Crippen LogP contribution in [-0.4, -0.2) is 23.2 Å². The molecule has 0 fully saturated rings. The molecule has 1 aromatic carbocycles. The summed E-state index contributed by atoms with van der Waals surface area (Å²) in [6, 6.07) is 13.5. The molecular formula is C16H20N4O. The Labute approximate surface area is 125 Å². The van der Waals surface area contributed by atoms with E-state index in [1.807, 2.05) is 48.3 Å². The summed E-state index contributed by atoms with van der Waals surface area (Å²) in [5.74, 6) is 1.20. The Balaban J connectivity index is 2.00. The van der Waals surface area contributed by atoms with Gasteiger partial charge >= 0.3 is 0 Å². The lowest BCUT2D eigenvalue weighted by Crippen LogP contribution is -2.15. The van der Waals surface area contributed by atoms with Gasteiger partial charge in [0.25, 0.3) is 0 Å². The summed E-state index contributed by atoms with van der Waals surface area (Å²) in [4.78, 5) is 13.6. The number of para-hydroxylation sites is 1. The minimum absolute atomic E-state index is 0.0182. The molecule has 0 aliphatic rings. The third-order valence-electron chi connectivity index (χ3n) is 3.16. The van der Waals surface area contributed by atoms with Gasteiger partial charge in [-0.25, -0.2) is 0 Å². The second kappa shape index (κ2) is 7.38. The molecule has 0 radical (unpaired) electrons. The van der Waals surface area contributed by atoms with Gasteiger partial charge < -0.3 is 10.2 Å². The molecule has 0 spiro atoms. The summed E-state index contributed by atoms with van der Waals surface area (Å²) in [5, 5.41) is 11.0. The zero-order chi connectivity index (χ0) is 15.1. The lowest BCUT2D eigenvalue weighted by molar-refractivity contribution is -0.116. The molecule has 5 nitrogen and oxygen atoms in total. The lowest BCUT2D eigenvalue weighted by Gasteiger charge is -2.17. The van der Waals surface area contributed by atoms with Crippen molar-refractivity contribution in [2.45, 2.75) is 26.2 Å². The molecule has 0 bridgehead atoms. The topological polar surface area (TPSA) is 58.1 Å². The van der Waals surface area contributed by atoms with E-state index >= 15 is 0 Å². The minimum Gasteiger partial charge on any atom is -0.328 e. The number of nitrogens with one attached hydrogen (secondary N) is 1. The molecule has 0 aliphatic heterocycles. The van der Waals surface area contributed by atoms with Crippen LogP contribution in [0.25, 0.3) is 0 Å². The monoisotopic (exact) mass is 284 g/mol. The van der Waals surface area contributed by atoms with E-state index in [-0.39, 0.29) is 5.91 Å². The largest absolute Gasteiger partial charge is 0.328 e. The number of nitrogens with zero attached hydrogens (tertiary/aromatic N) is 3. The number of amides is 1. The van der Waals surface area contributed by atoms with Gasteiger partial charge in [-0.15, -0.1) is 10.2 Å². The van der Waals surface area contributed by atoms with Crippen molar-refractivity contribution in [3.8, 4) is 0 Å². The van der Waals surface area contributed by atoms with Gasteiger partial charge in [0.15, 0.2) is 11.6 Å². The quantitative estimate of drug-likeness (QED) is 0.883. The van der Waals surface area contributed by atoms with Crippen LogP contribution in [0.5, 0.6) is 0 Å². The molecule has 2 rings (SSSR count). The van der Waals surface area contributed by atoms with Crippen LogP contribution >= 0.6 is 0 Å². The van der Waals surface area contributed by atoms with Gasteiger partial charge in [-0.1, -0.05) is 31.5 Å². The average molecular weight is 284 g/mol. The Kier molecular flexibility index (Phi) is 5.26. The summed E-state index contributed by atoms with van der Waals surface area (Å²) in [6.45, 7) is 2.06. The van der Waals surface area contributed by atoms with E-state index in [0.29, 0.717) is 12.2 Å². The fourth-order valence-electron chi connectivity index (χ4n) is 1.90. The summed E-state index contributed by atoms with van der Waals surface area (Å²) in [7, 11) is 1.93. The van der Waals surface area contributed by atoms with Crippen LogP contribution in [0.4, 0.5) is 17.3 Å². The second-order valence-electron chi connectivity index (χ2n) is 4.82. The van der Waals surface area contributed by atoms with Crippen molar-refractivity contribution < 1.29 is 4.79 Å². The van der Waals surface area contributed by atoms with Gasteiger partial charge in [-0.3, -0.25) is 4.79 Å².